The summed E-state index contributed by atoms with van der Waals surface area (Å²) in [6.07, 6.45) is -0.908. The highest BCUT2D eigenvalue weighted by atomic mass is 16.8. The van der Waals surface area contributed by atoms with E-state index in [1.807, 2.05) is 30.3 Å². The average Bonchev–Trinajstić information content (AvgIpc) is 3.03. The van der Waals surface area contributed by atoms with Crippen LogP contribution in [0, 0.1) is 0 Å². The molecule has 0 aliphatic carbocycles. The van der Waals surface area contributed by atoms with Crippen LogP contribution < -0.4 is 10.6 Å². The Bertz CT molecular complexity index is 524. The van der Waals surface area contributed by atoms with Gasteiger partial charge in [0.25, 0.3) is 11.6 Å². The smallest absolute Gasteiger partial charge is 0.428 e. The van der Waals surface area contributed by atoms with E-state index in [-0.39, 0.29) is 6.54 Å². The number of carbonyl (C=O) groups excluding carboxylic acids is 2. The van der Waals surface area contributed by atoms with Gasteiger partial charge >= 0.3 is 6.16 Å². The van der Waals surface area contributed by atoms with Crippen LogP contribution in [0.5, 0.6) is 0 Å². The number of anilines is 1. The second-order valence-corrected chi connectivity index (χ2v) is 5.64. The van der Waals surface area contributed by atoms with Gasteiger partial charge in [0.2, 0.25) is 0 Å². The van der Waals surface area contributed by atoms with Gasteiger partial charge in [-0.15, -0.1) is 0 Å². The minimum absolute atomic E-state index is 0.228. The van der Waals surface area contributed by atoms with E-state index in [1.54, 1.807) is 25.7 Å². The molecule has 1 aliphatic heterocycles. The maximum Gasteiger partial charge on any atom is 0.511 e. The number of ether oxygens (including phenoxy) is 2. The van der Waals surface area contributed by atoms with Gasteiger partial charge in [-0.1, -0.05) is 18.2 Å². The van der Waals surface area contributed by atoms with Crippen molar-refractivity contribution in [2.24, 2.45) is 5.73 Å². The first-order valence-electron chi connectivity index (χ1n) is 6.29. The third-order valence-corrected chi connectivity index (χ3v) is 2.80. The molecule has 0 aromatic heterocycles. The minimum atomic E-state index is -1.44. The molecule has 1 unspecified atom stereocenters. The molecule has 2 rings (SSSR count). The lowest BCUT2D eigenvalue weighted by Gasteiger charge is -2.21. The Kier molecular flexibility index (Phi) is 3.33. The van der Waals surface area contributed by atoms with Crippen molar-refractivity contribution in [2.45, 2.75) is 32.1 Å². The minimum Gasteiger partial charge on any atom is -0.428 e. The molecule has 2 N–H and O–H groups in total. The predicted molar refractivity (Wildman–Crippen MR) is 73.0 cm³/mol. The molecule has 1 heterocycles. The SMILES string of the molecule is CC(C)(C)OC(=O)OC1(C(N)=O)CN1c1ccccc1. The average molecular weight is 278 g/mol. The third-order valence-electron chi connectivity index (χ3n) is 2.80. The number of amides is 1. The standard InChI is InChI=1S/C14H18N2O4/c1-13(2,3)19-12(18)20-14(11(15)17)9-16(14)10-7-5-4-6-8-10/h4-8H,9H2,1-3H3,(H2,15,17). The van der Waals surface area contributed by atoms with E-state index in [1.165, 1.54) is 0 Å². The van der Waals surface area contributed by atoms with Gasteiger partial charge in [0.15, 0.2) is 0 Å². The van der Waals surface area contributed by atoms with E-state index < -0.39 is 23.4 Å². The molecule has 0 spiro atoms. The second kappa shape index (κ2) is 4.70. The van der Waals surface area contributed by atoms with Crippen molar-refractivity contribution >= 4 is 17.7 Å². The van der Waals surface area contributed by atoms with Gasteiger partial charge in [-0.2, -0.15) is 0 Å². The molecular weight excluding hydrogens is 260 g/mol. The lowest BCUT2D eigenvalue weighted by Crippen LogP contribution is -2.41. The first-order chi connectivity index (χ1) is 9.24. The summed E-state index contributed by atoms with van der Waals surface area (Å²) >= 11 is 0. The number of hydrogen-bond acceptors (Lipinski definition) is 5. The Morgan fingerprint density at radius 2 is 1.85 bits per heavy atom. The molecule has 20 heavy (non-hydrogen) atoms. The number of hydrogen-bond donors (Lipinski definition) is 1. The van der Waals surface area contributed by atoms with Crippen LogP contribution in [-0.2, 0) is 14.3 Å². The van der Waals surface area contributed by atoms with Gasteiger partial charge in [-0.05, 0) is 32.9 Å². The van der Waals surface area contributed by atoms with Gasteiger partial charge < -0.3 is 20.1 Å². The molecular formula is C14H18N2O4. The van der Waals surface area contributed by atoms with Crippen LogP contribution in [0.25, 0.3) is 0 Å². The maximum absolute atomic E-state index is 11.7. The van der Waals surface area contributed by atoms with Crippen molar-refractivity contribution in [1.82, 2.24) is 0 Å². The van der Waals surface area contributed by atoms with E-state index in [9.17, 15) is 9.59 Å². The summed E-state index contributed by atoms with van der Waals surface area (Å²) in [5.74, 6) is -0.716. The number of benzene rings is 1. The van der Waals surface area contributed by atoms with Crippen LogP contribution in [0.4, 0.5) is 10.5 Å². The fraction of sp³-hybridized carbons (Fsp3) is 0.429. The van der Waals surface area contributed by atoms with E-state index in [4.69, 9.17) is 15.2 Å². The molecule has 0 bridgehead atoms. The van der Waals surface area contributed by atoms with Crippen LogP contribution in [0.1, 0.15) is 20.8 Å². The fourth-order valence-electron chi connectivity index (χ4n) is 1.84. The van der Waals surface area contributed by atoms with E-state index in [0.29, 0.717) is 0 Å². The normalized spacial score (nSPS) is 21.2. The van der Waals surface area contributed by atoms with Crippen molar-refractivity contribution in [2.75, 3.05) is 11.4 Å². The highest BCUT2D eigenvalue weighted by Crippen LogP contribution is 2.39. The van der Waals surface area contributed by atoms with Crippen LogP contribution in [-0.4, -0.2) is 29.9 Å². The fourth-order valence-corrected chi connectivity index (χ4v) is 1.84. The summed E-state index contributed by atoms with van der Waals surface area (Å²) in [5.41, 5.74) is 3.99. The molecule has 0 saturated carbocycles. The summed E-state index contributed by atoms with van der Waals surface area (Å²) < 4.78 is 10.2. The lowest BCUT2D eigenvalue weighted by molar-refractivity contribution is -0.131. The van der Waals surface area contributed by atoms with Gasteiger partial charge in [0.1, 0.15) is 5.60 Å². The third kappa shape index (κ3) is 2.84. The Morgan fingerprint density at radius 3 is 2.35 bits per heavy atom. The zero-order valence-electron chi connectivity index (χ0n) is 11.8. The molecule has 1 amide bonds. The number of nitrogens with zero attached hydrogens (tertiary/aromatic N) is 1. The van der Waals surface area contributed by atoms with Gasteiger partial charge in [-0.3, -0.25) is 4.79 Å². The van der Waals surface area contributed by atoms with Crippen LogP contribution in [0.2, 0.25) is 0 Å². The zero-order chi connectivity index (χ0) is 15.0. The van der Waals surface area contributed by atoms with Crippen molar-refractivity contribution in [3.05, 3.63) is 30.3 Å². The summed E-state index contributed by atoms with van der Waals surface area (Å²) in [4.78, 5) is 24.9. The molecule has 0 radical (unpaired) electrons. The molecule has 108 valence electrons. The Balaban J connectivity index is 2.11. The number of primary amides is 1. The summed E-state index contributed by atoms with van der Waals surface area (Å²) in [5, 5.41) is 0. The largest absolute Gasteiger partial charge is 0.511 e. The molecule has 1 saturated heterocycles. The van der Waals surface area contributed by atoms with Crippen molar-refractivity contribution < 1.29 is 19.1 Å². The van der Waals surface area contributed by atoms with E-state index in [0.717, 1.165) is 5.69 Å². The molecule has 1 aliphatic rings. The number of nitrogens with two attached hydrogens (primary N) is 1. The predicted octanol–water partition coefficient (Wildman–Crippen LogP) is 1.64. The van der Waals surface area contributed by atoms with E-state index >= 15 is 0 Å². The molecule has 1 fully saturated rings. The molecule has 6 nitrogen and oxygen atoms in total. The summed E-state index contributed by atoms with van der Waals surface area (Å²) in [6, 6.07) is 9.12. The second-order valence-electron chi connectivity index (χ2n) is 5.64. The van der Waals surface area contributed by atoms with Crippen molar-refractivity contribution in [3.8, 4) is 0 Å². The molecule has 1 aromatic rings. The highest BCUT2D eigenvalue weighted by molar-refractivity contribution is 5.94. The first kappa shape index (κ1) is 14.2. The van der Waals surface area contributed by atoms with Gasteiger partial charge in [-0.25, -0.2) is 4.79 Å². The zero-order valence-corrected chi connectivity index (χ0v) is 11.8. The van der Waals surface area contributed by atoms with Crippen LogP contribution >= 0.6 is 0 Å². The quantitative estimate of drug-likeness (QED) is 0.671. The van der Waals surface area contributed by atoms with Crippen molar-refractivity contribution in [1.29, 1.82) is 0 Å². The topological polar surface area (TPSA) is 81.6 Å². The molecule has 6 heteroatoms. The Hall–Kier alpha value is -2.24. The molecule has 1 atom stereocenters. The van der Waals surface area contributed by atoms with Crippen molar-refractivity contribution in [3.63, 3.8) is 0 Å². The summed E-state index contributed by atoms with van der Waals surface area (Å²) in [6.45, 7) is 5.37. The van der Waals surface area contributed by atoms with Crippen LogP contribution in [0.3, 0.4) is 0 Å². The lowest BCUT2D eigenvalue weighted by atomic mass is 10.2. The first-order valence-corrected chi connectivity index (χ1v) is 6.29. The Morgan fingerprint density at radius 1 is 1.25 bits per heavy atom. The van der Waals surface area contributed by atoms with Gasteiger partial charge in [0, 0.05) is 5.69 Å². The number of carbonyl (C=O) groups is 2. The monoisotopic (exact) mass is 278 g/mol. The number of para-hydroxylation sites is 1. The van der Waals surface area contributed by atoms with E-state index in [2.05, 4.69) is 0 Å². The Labute approximate surface area is 117 Å². The number of rotatable bonds is 3. The van der Waals surface area contributed by atoms with Gasteiger partial charge in [0.05, 0.1) is 6.54 Å². The van der Waals surface area contributed by atoms with Crippen LogP contribution in [0.15, 0.2) is 30.3 Å². The molecule has 1 aromatic carbocycles. The summed E-state index contributed by atoms with van der Waals surface area (Å²) in [7, 11) is 0. The highest BCUT2D eigenvalue weighted by Gasteiger charge is 2.62. The maximum atomic E-state index is 11.7.